The molecule has 1 atom stereocenters. The average molecular weight is 334 g/mol. The maximum atomic E-state index is 12.6. The van der Waals surface area contributed by atoms with Gasteiger partial charge in [-0.1, -0.05) is 12.1 Å². The number of carbonyl (C=O) groups excluding carboxylic acids is 1. The van der Waals surface area contributed by atoms with Crippen molar-refractivity contribution in [1.29, 1.82) is 0 Å². The number of aromatic nitrogens is 1. The first kappa shape index (κ1) is 15.5. The maximum Gasteiger partial charge on any atom is 0.255 e. The maximum absolute atomic E-state index is 12.6. The van der Waals surface area contributed by atoms with Crippen molar-refractivity contribution < 1.29 is 9.90 Å². The van der Waals surface area contributed by atoms with Crippen molar-refractivity contribution in [2.45, 2.75) is 30.1 Å². The van der Waals surface area contributed by atoms with E-state index in [-0.39, 0.29) is 12.0 Å². The van der Waals surface area contributed by atoms with Gasteiger partial charge in [0, 0.05) is 29.1 Å². The van der Waals surface area contributed by atoms with Gasteiger partial charge in [-0.25, -0.2) is 4.98 Å². The van der Waals surface area contributed by atoms with Gasteiger partial charge in [0.15, 0.2) is 0 Å². The Morgan fingerprint density at radius 3 is 3.00 bits per heavy atom. The van der Waals surface area contributed by atoms with Gasteiger partial charge in [0.25, 0.3) is 5.91 Å². The zero-order valence-corrected chi connectivity index (χ0v) is 14.0. The van der Waals surface area contributed by atoms with Gasteiger partial charge in [0.2, 0.25) is 0 Å². The largest absolute Gasteiger partial charge is 0.391 e. The summed E-state index contributed by atoms with van der Waals surface area (Å²) in [5, 5.41) is 12.7. The van der Waals surface area contributed by atoms with Crippen LogP contribution in [0.3, 0.4) is 0 Å². The number of amides is 1. The predicted molar refractivity (Wildman–Crippen MR) is 89.4 cm³/mol. The first-order valence-corrected chi connectivity index (χ1v) is 9.10. The van der Waals surface area contributed by atoms with Gasteiger partial charge in [-0.2, -0.15) is 0 Å². The first-order valence-electron chi connectivity index (χ1n) is 7.23. The van der Waals surface area contributed by atoms with E-state index in [0.717, 1.165) is 21.3 Å². The van der Waals surface area contributed by atoms with E-state index in [1.54, 1.807) is 28.0 Å². The highest BCUT2D eigenvalue weighted by Crippen LogP contribution is 2.28. The fourth-order valence-electron chi connectivity index (χ4n) is 2.49. The summed E-state index contributed by atoms with van der Waals surface area (Å²) in [5.41, 5.74) is 1.76. The first-order chi connectivity index (χ1) is 10.6. The molecule has 1 aliphatic heterocycles. The number of aryl methyl sites for hydroxylation is 1. The number of hydrogen-bond donors (Lipinski definition) is 1. The summed E-state index contributed by atoms with van der Waals surface area (Å²) in [7, 11) is 0. The van der Waals surface area contributed by atoms with Crippen molar-refractivity contribution in [2.24, 2.45) is 0 Å². The number of rotatable bonds is 4. The summed E-state index contributed by atoms with van der Waals surface area (Å²) in [6, 6.07) is 7.67. The van der Waals surface area contributed by atoms with E-state index >= 15 is 0 Å². The Morgan fingerprint density at radius 1 is 1.50 bits per heavy atom. The molecule has 0 spiro atoms. The highest BCUT2D eigenvalue weighted by atomic mass is 32.2. The van der Waals surface area contributed by atoms with Crippen molar-refractivity contribution >= 4 is 29.0 Å². The normalized spacial score (nSPS) is 17.9. The van der Waals surface area contributed by atoms with Crippen LogP contribution in [0.1, 0.15) is 27.5 Å². The van der Waals surface area contributed by atoms with Crippen molar-refractivity contribution in [3.8, 4) is 0 Å². The third kappa shape index (κ3) is 3.51. The molecule has 1 fully saturated rings. The van der Waals surface area contributed by atoms with E-state index < -0.39 is 0 Å². The van der Waals surface area contributed by atoms with Crippen molar-refractivity contribution in [2.75, 3.05) is 13.1 Å². The smallest absolute Gasteiger partial charge is 0.255 e. The van der Waals surface area contributed by atoms with Gasteiger partial charge >= 0.3 is 0 Å². The van der Waals surface area contributed by atoms with Crippen LogP contribution in [0.4, 0.5) is 0 Å². The second kappa shape index (κ2) is 6.81. The molecule has 1 aliphatic rings. The second-order valence-corrected chi connectivity index (χ2v) is 7.42. The number of thioether (sulfide) groups is 1. The van der Waals surface area contributed by atoms with Crippen LogP contribution >= 0.6 is 23.1 Å². The minimum Gasteiger partial charge on any atom is -0.391 e. The van der Waals surface area contributed by atoms with E-state index in [0.29, 0.717) is 25.1 Å². The molecular formula is C16H18N2O2S2. The summed E-state index contributed by atoms with van der Waals surface area (Å²) >= 11 is 3.28. The Kier molecular flexibility index (Phi) is 4.81. The molecule has 4 nitrogen and oxygen atoms in total. The van der Waals surface area contributed by atoms with Crippen LogP contribution in [-0.4, -0.2) is 40.1 Å². The Morgan fingerprint density at radius 2 is 2.32 bits per heavy atom. The SMILES string of the molecule is Cc1nc(CSc2ccccc2C(=O)N2CC[C@@H](O)C2)cs1. The zero-order chi connectivity index (χ0) is 15.5. The Balaban J connectivity index is 1.73. The summed E-state index contributed by atoms with van der Waals surface area (Å²) in [6.45, 7) is 3.06. The molecule has 0 bridgehead atoms. The van der Waals surface area contributed by atoms with Crippen LogP contribution in [0.15, 0.2) is 34.5 Å². The summed E-state index contributed by atoms with van der Waals surface area (Å²) in [5.74, 6) is 0.770. The van der Waals surface area contributed by atoms with Gasteiger partial charge in [0.1, 0.15) is 0 Å². The number of carbonyl (C=O) groups is 1. The van der Waals surface area contributed by atoms with E-state index in [9.17, 15) is 9.90 Å². The number of aliphatic hydroxyl groups is 1. The molecule has 116 valence electrons. The lowest BCUT2D eigenvalue weighted by atomic mass is 10.2. The van der Waals surface area contributed by atoms with Gasteiger partial charge in [0.05, 0.1) is 22.4 Å². The van der Waals surface area contributed by atoms with Crippen molar-refractivity contribution in [3.63, 3.8) is 0 Å². The third-order valence-electron chi connectivity index (χ3n) is 3.61. The molecule has 1 amide bonds. The number of hydrogen-bond acceptors (Lipinski definition) is 5. The number of likely N-dealkylation sites (tertiary alicyclic amines) is 1. The minimum absolute atomic E-state index is 0.00843. The van der Waals surface area contributed by atoms with Crippen LogP contribution < -0.4 is 0 Å². The summed E-state index contributed by atoms with van der Waals surface area (Å²) in [6.07, 6.45) is 0.279. The number of thiazole rings is 1. The lowest BCUT2D eigenvalue weighted by molar-refractivity contribution is 0.0761. The molecule has 0 radical (unpaired) electrons. The van der Waals surface area contributed by atoms with Gasteiger partial charge in [-0.05, 0) is 25.5 Å². The third-order valence-corrected chi connectivity index (χ3v) is 5.54. The van der Waals surface area contributed by atoms with Crippen molar-refractivity contribution in [1.82, 2.24) is 9.88 Å². The monoisotopic (exact) mass is 334 g/mol. The Hall–Kier alpha value is -1.37. The molecule has 1 N–H and O–H groups in total. The number of aliphatic hydroxyl groups excluding tert-OH is 1. The van der Waals surface area contributed by atoms with Crippen molar-refractivity contribution in [3.05, 3.63) is 45.9 Å². The second-order valence-electron chi connectivity index (χ2n) is 5.34. The van der Waals surface area contributed by atoms with Crippen LogP contribution in [0, 0.1) is 6.92 Å². The molecule has 0 saturated carbocycles. The number of benzene rings is 1. The zero-order valence-electron chi connectivity index (χ0n) is 12.4. The van der Waals surface area contributed by atoms with Crippen LogP contribution in [0.25, 0.3) is 0 Å². The molecule has 2 aromatic rings. The molecule has 3 rings (SSSR count). The number of β-amino-alcohol motifs (C(OH)–C–C–N with tert-alkyl or cyclic N) is 1. The fourth-order valence-corrected chi connectivity index (χ4v) is 4.15. The summed E-state index contributed by atoms with van der Waals surface area (Å²) in [4.78, 5) is 19.8. The fraction of sp³-hybridized carbons (Fsp3) is 0.375. The van der Waals surface area contributed by atoms with E-state index in [4.69, 9.17) is 0 Å². The Labute approximate surface area is 138 Å². The predicted octanol–water partition coefficient (Wildman–Crippen LogP) is 2.95. The molecule has 22 heavy (non-hydrogen) atoms. The number of nitrogens with zero attached hydrogens (tertiary/aromatic N) is 2. The highest BCUT2D eigenvalue weighted by molar-refractivity contribution is 7.98. The van der Waals surface area contributed by atoms with E-state index in [1.165, 1.54) is 0 Å². The summed E-state index contributed by atoms with van der Waals surface area (Å²) < 4.78 is 0. The van der Waals surface area contributed by atoms with Crippen LogP contribution in [0.5, 0.6) is 0 Å². The molecule has 1 saturated heterocycles. The van der Waals surface area contributed by atoms with Gasteiger partial charge in [-0.15, -0.1) is 23.1 Å². The van der Waals surface area contributed by atoms with E-state index in [1.807, 2.05) is 31.2 Å². The highest BCUT2D eigenvalue weighted by Gasteiger charge is 2.26. The lowest BCUT2D eigenvalue weighted by Crippen LogP contribution is -2.29. The topological polar surface area (TPSA) is 53.4 Å². The molecule has 1 aromatic carbocycles. The standard InChI is InChI=1S/C16H18N2O2S2/c1-11-17-12(9-21-11)10-22-15-5-3-2-4-14(15)16(20)18-7-6-13(19)8-18/h2-5,9,13,19H,6-8,10H2,1H3/t13-/m1/s1. The van der Waals surface area contributed by atoms with Crippen LogP contribution in [0.2, 0.25) is 0 Å². The molecular weight excluding hydrogens is 316 g/mol. The average Bonchev–Trinajstić information content (AvgIpc) is 3.13. The molecule has 6 heteroatoms. The van der Waals surface area contributed by atoms with Crippen LogP contribution in [-0.2, 0) is 5.75 Å². The minimum atomic E-state index is -0.387. The quantitative estimate of drug-likeness (QED) is 0.874. The molecule has 0 aliphatic carbocycles. The molecule has 2 heterocycles. The lowest BCUT2D eigenvalue weighted by Gasteiger charge is -2.17. The molecule has 1 aromatic heterocycles. The Bertz CT molecular complexity index is 672. The van der Waals surface area contributed by atoms with Gasteiger partial charge < -0.3 is 10.0 Å². The van der Waals surface area contributed by atoms with E-state index in [2.05, 4.69) is 10.4 Å². The van der Waals surface area contributed by atoms with Gasteiger partial charge in [-0.3, -0.25) is 4.79 Å². The molecule has 0 unspecified atom stereocenters.